The summed E-state index contributed by atoms with van der Waals surface area (Å²) >= 11 is 0. The number of fused-ring (bicyclic) bond motifs is 5. The molecule has 0 N–H and O–H groups in total. The van der Waals surface area contributed by atoms with Crippen molar-refractivity contribution in [2.75, 3.05) is 9.80 Å². The molecule has 0 fully saturated rings. The molecule has 3 nitrogen and oxygen atoms in total. The number of hydrogen-bond donors (Lipinski definition) is 0. The molecular weight excluding hydrogens is 402 g/mol. The summed E-state index contributed by atoms with van der Waals surface area (Å²) in [7, 11) is 0. The van der Waals surface area contributed by atoms with Gasteiger partial charge in [0.2, 0.25) is 0 Å². The van der Waals surface area contributed by atoms with E-state index in [9.17, 15) is 0 Å². The molecule has 0 bridgehead atoms. The van der Waals surface area contributed by atoms with Crippen molar-refractivity contribution in [3.63, 3.8) is 0 Å². The zero-order valence-corrected chi connectivity index (χ0v) is 21.0. The standard InChI is InChI=1S/C30H35N3/c1-9-30(8)22-17-16-21(28(3,4)5)19-25(22)32-24-15-12-18-31-26(24)33(27(32)29(30,6)7)23-14-11-10-13-20(23)2/h9-19,27H,1H2,2-8H3. The van der Waals surface area contributed by atoms with Gasteiger partial charge in [-0.1, -0.05) is 78.0 Å². The lowest BCUT2D eigenvalue weighted by Gasteiger charge is -2.57. The molecule has 0 saturated heterocycles. The number of benzene rings is 2. The minimum atomic E-state index is -0.219. The Bertz CT molecular complexity index is 1250. The van der Waals surface area contributed by atoms with E-state index in [4.69, 9.17) is 4.98 Å². The van der Waals surface area contributed by atoms with E-state index in [0.717, 1.165) is 11.5 Å². The van der Waals surface area contributed by atoms with Crippen LogP contribution in [0.2, 0.25) is 0 Å². The smallest absolute Gasteiger partial charge is 0.158 e. The summed E-state index contributed by atoms with van der Waals surface area (Å²) in [5.41, 5.74) is 7.24. The van der Waals surface area contributed by atoms with Crippen LogP contribution in [0, 0.1) is 12.3 Å². The van der Waals surface area contributed by atoms with Crippen molar-refractivity contribution in [2.24, 2.45) is 5.41 Å². The Morgan fingerprint density at radius 1 is 0.909 bits per heavy atom. The first-order chi connectivity index (χ1) is 15.5. The molecule has 0 amide bonds. The van der Waals surface area contributed by atoms with Gasteiger partial charge in [-0.15, -0.1) is 6.58 Å². The summed E-state index contributed by atoms with van der Waals surface area (Å²) < 4.78 is 0. The van der Waals surface area contributed by atoms with Crippen molar-refractivity contribution in [3.05, 3.63) is 90.1 Å². The van der Waals surface area contributed by atoms with Crippen LogP contribution in [0.5, 0.6) is 0 Å². The average Bonchev–Trinajstić information content (AvgIpc) is 3.13. The fourth-order valence-electron chi connectivity index (χ4n) is 5.74. The number of rotatable bonds is 2. The van der Waals surface area contributed by atoms with E-state index in [2.05, 4.69) is 126 Å². The van der Waals surface area contributed by atoms with Crippen LogP contribution in [0.1, 0.15) is 58.2 Å². The molecule has 0 saturated carbocycles. The van der Waals surface area contributed by atoms with E-state index >= 15 is 0 Å². The minimum Gasteiger partial charge on any atom is -0.316 e. The Morgan fingerprint density at radius 2 is 1.61 bits per heavy atom. The molecule has 0 radical (unpaired) electrons. The Balaban J connectivity index is 1.87. The minimum absolute atomic E-state index is 0.0641. The fourth-order valence-corrected chi connectivity index (χ4v) is 5.74. The monoisotopic (exact) mass is 437 g/mol. The highest BCUT2D eigenvalue weighted by Gasteiger charge is 2.59. The maximum absolute atomic E-state index is 4.92. The molecule has 2 atom stereocenters. The van der Waals surface area contributed by atoms with Crippen molar-refractivity contribution in [1.82, 2.24) is 4.98 Å². The molecule has 2 aromatic carbocycles. The summed E-state index contributed by atoms with van der Waals surface area (Å²) in [6.45, 7) is 20.5. The van der Waals surface area contributed by atoms with Gasteiger partial charge in [0.05, 0.1) is 5.69 Å². The molecule has 2 aliphatic heterocycles. The van der Waals surface area contributed by atoms with Crippen molar-refractivity contribution in [1.29, 1.82) is 0 Å². The molecule has 0 spiro atoms. The van der Waals surface area contributed by atoms with E-state index in [1.165, 1.54) is 28.1 Å². The van der Waals surface area contributed by atoms with Gasteiger partial charge in [0.25, 0.3) is 0 Å². The van der Waals surface area contributed by atoms with Gasteiger partial charge >= 0.3 is 0 Å². The SMILES string of the molecule is C=CC1(C)c2ccc(C(C)(C)C)cc2N2c3cccnc3N(c3ccccc3C)C2C1(C)C. The maximum atomic E-state index is 4.92. The van der Waals surface area contributed by atoms with Crippen molar-refractivity contribution < 1.29 is 0 Å². The number of para-hydroxylation sites is 1. The fraction of sp³-hybridized carbons (Fsp3) is 0.367. The molecule has 3 aromatic rings. The van der Waals surface area contributed by atoms with Gasteiger partial charge in [-0.2, -0.15) is 0 Å². The molecule has 33 heavy (non-hydrogen) atoms. The van der Waals surface area contributed by atoms with E-state index in [-0.39, 0.29) is 22.4 Å². The number of aromatic nitrogens is 1. The molecule has 0 aliphatic carbocycles. The zero-order valence-electron chi connectivity index (χ0n) is 21.0. The van der Waals surface area contributed by atoms with Crippen LogP contribution < -0.4 is 9.80 Å². The first kappa shape index (κ1) is 21.8. The van der Waals surface area contributed by atoms with Gasteiger partial charge in [0.1, 0.15) is 6.17 Å². The predicted molar refractivity (Wildman–Crippen MR) is 140 cm³/mol. The third-order valence-electron chi connectivity index (χ3n) is 8.19. The first-order valence-electron chi connectivity index (χ1n) is 11.9. The second-order valence-corrected chi connectivity index (χ2v) is 11.4. The highest BCUT2D eigenvalue weighted by atomic mass is 15.5. The highest BCUT2D eigenvalue weighted by molar-refractivity contribution is 5.89. The van der Waals surface area contributed by atoms with Gasteiger partial charge in [-0.3, -0.25) is 0 Å². The number of aryl methyl sites for hydroxylation is 1. The molecule has 2 aliphatic rings. The van der Waals surface area contributed by atoms with E-state index in [0.29, 0.717) is 0 Å². The summed E-state index contributed by atoms with van der Waals surface area (Å²) in [4.78, 5) is 9.91. The number of nitrogens with zero attached hydrogens (tertiary/aromatic N) is 3. The second kappa shape index (κ2) is 6.96. The molecule has 170 valence electrons. The van der Waals surface area contributed by atoms with Crippen LogP contribution in [-0.2, 0) is 10.8 Å². The lowest BCUT2D eigenvalue weighted by molar-refractivity contribution is 0.171. The molecule has 2 unspecified atom stereocenters. The van der Waals surface area contributed by atoms with Crippen LogP contribution in [0.15, 0.2) is 73.4 Å². The van der Waals surface area contributed by atoms with Crippen LogP contribution >= 0.6 is 0 Å². The maximum Gasteiger partial charge on any atom is 0.158 e. The lowest BCUT2D eigenvalue weighted by Crippen LogP contribution is -2.60. The van der Waals surface area contributed by atoms with Crippen molar-refractivity contribution in [2.45, 2.75) is 65.5 Å². The third kappa shape index (κ3) is 2.84. The Kier molecular flexibility index (Phi) is 4.59. The lowest BCUT2D eigenvalue weighted by atomic mass is 9.58. The molecule has 5 rings (SSSR count). The number of pyridine rings is 1. The van der Waals surface area contributed by atoms with Crippen LogP contribution in [0.4, 0.5) is 22.9 Å². The summed E-state index contributed by atoms with van der Waals surface area (Å²) in [5, 5.41) is 0. The molecule has 3 heteroatoms. The largest absolute Gasteiger partial charge is 0.316 e. The Labute approximate surface area is 198 Å². The van der Waals surface area contributed by atoms with Crippen LogP contribution in [0.3, 0.4) is 0 Å². The summed E-state index contributed by atoms with van der Waals surface area (Å²) in [5.74, 6) is 1.02. The van der Waals surface area contributed by atoms with Gasteiger partial charge in [-0.25, -0.2) is 4.98 Å². The Hall–Kier alpha value is -3.07. The van der Waals surface area contributed by atoms with E-state index < -0.39 is 0 Å². The zero-order chi connectivity index (χ0) is 23.8. The van der Waals surface area contributed by atoms with E-state index in [1.54, 1.807) is 0 Å². The van der Waals surface area contributed by atoms with Gasteiger partial charge in [0.15, 0.2) is 5.82 Å². The molecule has 3 heterocycles. The number of hydrogen-bond acceptors (Lipinski definition) is 3. The van der Waals surface area contributed by atoms with Crippen molar-refractivity contribution in [3.8, 4) is 0 Å². The first-order valence-corrected chi connectivity index (χ1v) is 11.9. The van der Waals surface area contributed by atoms with Crippen LogP contribution in [0.25, 0.3) is 0 Å². The van der Waals surface area contributed by atoms with Crippen molar-refractivity contribution >= 4 is 22.9 Å². The topological polar surface area (TPSA) is 19.4 Å². The molecular formula is C30H35N3. The van der Waals surface area contributed by atoms with E-state index in [1.807, 2.05) is 6.20 Å². The summed E-state index contributed by atoms with van der Waals surface area (Å²) in [6, 6.07) is 20.0. The number of anilines is 4. The molecule has 1 aromatic heterocycles. The quantitative estimate of drug-likeness (QED) is 0.381. The average molecular weight is 438 g/mol. The summed E-state index contributed by atoms with van der Waals surface area (Å²) in [6.07, 6.45) is 4.13. The number of allylic oxidation sites excluding steroid dienone is 1. The van der Waals surface area contributed by atoms with Gasteiger partial charge < -0.3 is 9.80 Å². The van der Waals surface area contributed by atoms with Gasteiger partial charge in [-0.05, 0) is 53.3 Å². The second-order valence-electron chi connectivity index (χ2n) is 11.4. The highest BCUT2D eigenvalue weighted by Crippen LogP contribution is 2.62. The Morgan fingerprint density at radius 3 is 2.27 bits per heavy atom. The van der Waals surface area contributed by atoms with Gasteiger partial charge in [0, 0.05) is 28.4 Å². The normalized spacial score (nSPS) is 23.1. The predicted octanol–water partition coefficient (Wildman–Crippen LogP) is 7.79. The third-order valence-corrected chi connectivity index (χ3v) is 8.19. The van der Waals surface area contributed by atoms with Crippen LogP contribution in [-0.4, -0.2) is 11.1 Å².